The molecule has 2 aromatic rings. The molecule has 0 spiro atoms. The summed E-state index contributed by atoms with van der Waals surface area (Å²) in [5, 5.41) is 6.53. The normalized spacial score (nSPS) is 18.3. The second-order valence-electron chi connectivity index (χ2n) is 4.19. The lowest BCUT2D eigenvalue weighted by molar-refractivity contribution is -0.137. The van der Waals surface area contributed by atoms with E-state index >= 15 is 0 Å². The molecule has 1 aliphatic rings. The second-order valence-corrected chi connectivity index (χ2v) is 5.36. The molecular formula is C12H9F2N3O2S. The zero-order valence-corrected chi connectivity index (χ0v) is 10.9. The van der Waals surface area contributed by atoms with Gasteiger partial charge >= 0.3 is 5.97 Å². The molecule has 2 heterocycles. The van der Waals surface area contributed by atoms with E-state index in [4.69, 9.17) is 4.74 Å². The van der Waals surface area contributed by atoms with E-state index < -0.39 is 11.6 Å². The Hall–Kier alpha value is -1.96. The van der Waals surface area contributed by atoms with Crippen molar-refractivity contribution >= 4 is 17.7 Å². The van der Waals surface area contributed by atoms with Crippen LogP contribution >= 0.6 is 11.8 Å². The van der Waals surface area contributed by atoms with Crippen LogP contribution in [-0.4, -0.2) is 33.0 Å². The van der Waals surface area contributed by atoms with E-state index in [0.29, 0.717) is 18.2 Å². The van der Waals surface area contributed by atoms with E-state index in [1.54, 1.807) is 0 Å². The molecule has 0 saturated carbocycles. The number of carbonyl (C=O) groups is 1. The van der Waals surface area contributed by atoms with Crippen LogP contribution in [0.5, 0.6) is 0 Å². The van der Waals surface area contributed by atoms with Gasteiger partial charge in [0.05, 0.1) is 6.61 Å². The number of aromatic amines is 1. The van der Waals surface area contributed by atoms with Gasteiger partial charge in [-0.25, -0.2) is 13.8 Å². The Labute approximate surface area is 116 Å². The number of ether oxygens (including phenoxy) is 1. The van der Waals surface area contributed by atoms with Crippen molar-refractivity contribution in [1.82, 2.24) is 15.2 Å². The first-order chi connectivity index (χ1) is 9.61. The van der Waals surface area contributed by atoms with Crippen LogP contribution in [0.1, 0.15) is 6.42 Å². The Balaban J connectivity index is 1.81. The van der Waals surface area contributed by atoms with E-state index in [9.17, 15) is 13.6 Å². The quantitative estimate of drug-likeness (QED) is 0.879. The molecule has 1 aromatic heterocycles. The van der Waals surface area contributed by atoms with Crippen molar-refractivity contribution < 1.29 is 18.3 Å². The molecule has 0 aliphatic carbocycles. The monoisotopic (exact) mass is 297 g/mol. The number of carbonyl (C=O) groups excluding carboxylic acids is 1. The number of cyclic esters (lactones) is 1. The van der Waals surface area contributed by atoms with Gasteiger partial charge in [0.1, 0.15) is 16.9 Å². The minimum Gasteiger partial charge on any atom is -0.465 e. The third-order valence-electron chi connectivity index (χ3n) is 2.74. The summed E-state index contributed by atoms with van der Waals surface area (Å²) >= 11 is 1.17. The van der Waals surface area contributed by atoms with E-state index in [-0.39, 0.29) is 22.6 Å². The third kappa shape index (κ3) is 2.64. The van der Waals surface area contributed by atoms with Crippen molar-refractivity contribution in [2.75, 3.05) is 6.61 Å². The van der Waals surface area contributed by atoms with Crippen LogP contribution in [0.4, 0.5) is 8.78 Å². The summed E-state index contributed by atoms with van der Waals surface area (Å²) in [6.45, 7) is 0.392. The number of halogens is 2. The topological polar surface area (TPSA) is 67.9 Å². The zero-order valence-electron chi connectivity index (χ0n) is 10.1. The van der Waals surface area contributed by atoms with Crippen molar-refractivity contribution in [3.63, 3.8) is 0 Å². The SMILES string of the molecule is O=C1OCC[C@H]1Sc1n[nH]c(-c2cc(F)cc(F)c2)n1. The molecule has 1 atom stereocenters. The predicted molar refractivity (Wildman–Crippen MR) is 67.0 cm³/mol. The van der Waals surface area contributed by atoms with Crippen molar-refractivity contribution in [3.05, 3.63) is 29.8 Å². The van der Waals surface area contributed by atoms with Gasteiger partial charge in [-0.15, -0.1) is 5.10 Å². The smallest absolute Gasteiger partial charge is 0.319 e. The highest BCUT2D eigenvalue weighted by Crippen LogP contribution is 2.28. The molecule has 5 nitrogen and oxygen atoms in total. The van der Waals surface area contributed by atoms with Crippen LogP contribution in [0, 0.1) is 11.6 Å². The first-order valence-corrected chi connectivity index (χ1v) is 6.72. The number of thioether (sulfide) groups is 1. The summed E-state index contributed by atoms with van der Waals surface area (Å²) in [4.78, 5) is 15.5. The summed E-state index contributed by atoms with van der Waals surface area (Å²) in [6.07, 6.45) is 0.599. The molecule has 1 aliphatic heterocycles. The zero-order chi connectivity index (χ0) is 14.1. The Bertz CT molecular complexity index is 642. The van der Waals surface area contributed by atoms with Gasteiger partial charge in [0.25, 0.3) is 0 Å². The van der Waals surface area contributed by atoms with Gasteiger partial charge in [-0.05, 0) is 12.1 Å². The Morgan fingerprint density at radius 3 is 2.70 bits per heavy atom. The van der Waals surface area contributed by atoms with Gasteiger partial charge in [0, 0.05) is 18.1 Å². The first kappa shape index (κ1) is 13.0. The van der Waals surface area contributed by atoms with Gasteiger partial charge in [0.2, 0.25) is 5.16 Å². The predicted octanol–water partition coefficient (Wildman–Crippen LogP) is 2.16. The number of benzene rings is 1. The number of hydrogen-bond acceptors (Lipinski definition) is 5. The largest absolute Gasteiger partial charge is 0.465 e. The number of aromatic nitrogens is 3. The minimum absolute atomic E-state index is 0.247. The fourth-order valence-corrected chi connectivity index (χ4v) is 2.71. The summed E-state index contributed by atoms with van der Waals surface area (Å²) in [5.74, 6) is -1.43. The molecule has 0 amide bonds. The summed E-state index contributed by atoms with van der Waals surface area (Å²) in [6, 6.07) is 3.09. The highest BCUT2D eigenvalue weighted by atomic mass is 32.2. The minimum atomic E-state index is -0.690. The van der Waals surface area contributed by atoms with Crippen LogP contribution in [0.15, 0.2) is 23.4 Å². The molecule has 1 saturated heterocycles. The standard InChI is InChI=1S/C12H9F2N3O2S/c13-7-3-6(4-8(14)5-7)10-15-12(17-16-10)20-9-1-2-19-11(9)18/h3-5,9H,1-2H2,(H,15,16,17)/t9-/m1/s1. The fourth-order valence-electron chi connectivity index (χ4n) is 1.83. The second kappa shape index (κ2) is 5.20. The number of hydrogen-bond donors (Lipinski definition) is 1. The van der Waals surface area contributed by atoms with Gasteiger partial charge in [-0.3, -0.25) is 9.89 Å². The molecule has 1 N–H and O–H groups in total. The Kier molecular flexibility index (Phi) is 3.39. The van der Waals surface area contributed by atoms with Crippen LogP contribution < -0.4 is 0 Å². The maximum Gasteiger partial charge on any atom is 0.319 e. The van der Waals surface area contributed by atoms with E-state index in [2.05, 4.69) is 15.2 Å². The Morgan fingerprint density at radius 1 is 1.30 bits per heavy atom. The molecule has 1 aromatic carbocycles. The maximum absolute atomic E-state index is 13.1. The molecule has 1 fully saturated rings. The maximum atomic E-state index is 13.1. The van der Waals surface area contributed by atoms with Crippen LogP contribution in [-0.2, 0) is 9.53 Å². The van der Waals surface area contributed by atoms with E-state index in [1.165, 1.54) is 11.8 Å². The molecule has 104 valence electrons. The third-order valence-corrected chi connectivity index (χ3v) is 3.84. The van der Waals surface area contributed by atoms with Gasteiger partial charge in [0.15, 0.2) is 5.82 Å². The molecule has 20 heavy (non-hydrogen) atoms. The average molecular weight is 297 g/mol. The van der Waals surface area contributed by atoms with Crippen LogP contribution in [0.2, 0.25) is 0 Å². The lowest BCUT2D eigenvalue weighted by atomic mass is 10.2. The lowest BCUT2D eigenvalue weighted by Crippen LogP contribution is -2.09. The van der Waals surface area contributed by atoms with Gasteiger partial charge in [-0.1, -0.05) is 11.8 Å². The Morgan fingerprint density at radius 2 is 2.05 bits per heavy atom. The van der Waals surface area contributed by atoms with Crippen molar-refractivity contribution in [2.24, 2.45) is 0 Å². The summed E-state index contributed by atoms with van der Waals surface area (Å²) in [7, 11) is 0. The number of H-pyrrole nitrogens is 1. The highest BCUT2D eigenvalue weighted by molar-refractivity contribution is 8.00. The van der Waals surface area contributed by atoms with Crippen LogP contribution in [0.3, 0.4) is 0 Å². The first-order valence-electron chi connectivity index (χ1n) is 5.84. The van der Waals surface area contributed by atoms with E-state index in [1.807, 2.05) is 0 Å². The molecule has 0 radical (unpaired) electrons. The van der Waals surface area contributed by atoms with Crippen molar-refractivity contribution in [1.29, 1.82) is 0 Å². The van der Waals surface area contributed by atoms with Gasteiger partial charge < -0.3 is 4.74 Å². The molecular weight excluding hydrogens is 288 g/mol. The van der Waals surface area contributed by atoms with Crippen molar-refractivity contribution in [3.8, 4) is 11.4 Å². The van der Waals surface area contributed by atoms with Crippen LogP contribution in [0.25, 0.3) is 11.4 Å². The van der Waals surface area contributed by atoms with E-state index in [0.717, 1.165) is 18.2 Å². The number of nitrogens with one attached hydrogen (secondary N) is 1. The summed E-state index contributed by atoms with van der Waals surface area (Å²) in [5.41, 5.74) is 0.260. The average Bonchev–Trinajstić information content (AvgIpc) is 2.99. The fraction of sp³-hybridized carbons (Fsp3) is 0.250. The van der Waals surface area contributed by atoms with Crippen molar-refractivity contribution in [2.45, 2.75) is 16.8 Å². The number of esters is 1. The molecule has 0 unspecified atom stereocenters. The molecule has 3 rings (SSSR count). The molecule has 8 heteroatoms. The molecule has 0 bridgehead atoms. The summed E-state index contributed by atoms with van der Waals surface area (Å²) < 4.78 is 31.1. The number of rotatable bonds is 3. The number of nitrogens with zero attached hydrogens (tertiary/aromatic N) is 2. The lowest BCUT2D eigenvalue weighted by Gasteiger charge is -1.99. The van der Waals surface area contributed by atoms with Gasteiger partial charge in [-0.2, -0.15) is 0 Å². The highest BCUT2D eigenvalue weighted by Gasteiger charge is 2.28.